The molecule has 0 atom stereocenters. The third-order valence-corrected chi connectivity index (χ3v) is 3.36. The van der Waals surface area contributed by atoms with E-state index in [9.17, 15) is 0 Å². The molecule has 0 unspecified atom stereocenters. The molecule has 0 spiro atoms. The number of rotatable bonds is 2. The van der Waals surface area contributed by atoms with Crippen LogP contribution in [0.4, 0.5) is 0 Å². The highest BCUT2D eigenvalue weighted by atomic mass is 35.5. The van der Waals surface area contributed by atoms with Crippen molar-refractivity contribution < 1.29 is 9.47 Å². The summed E-state index contributed by atoms with van der Waals surface area (Å²) in [6.07, 6.45) is 0.915. The summed E-state index contributed by atoms with van der Waals surface area (Å²) in [7, 11) is 1.67. The highest BCUT2D eigenvalue weighted by molar-refractivity contribution is 6.31. The van der Waals surface area contributed by atoms with Gasteiger partial charge in [-0.2, -0.15) is 0 Å². The number of ether oxygens (including phenoxy) is 2. The Kier molecular flexibility index (Phi) is 2.88. The SMILES string of the molecule is COc1ccccc1-c1cc(Cl)cc2c1OCC2. The molecule has 0 N–H and O–H groups in total. The Morgan fingerprint density at radius 2 is 2.00 bits per heavy atom. The van der Waals surface area contributed by atoms with Gasteiger partial charge < -0.3 is 9.47 Å². The van der Waals surface area contributed by atoms with Crippen molar-refractivity contribution in [3.8, 4) is 22.6 Å². The second-order valence-corrected chi connectivity index (χ2v) is 4.68. The Morgan fingerprint density at radius 3 is 2.83 bits per heavy atom. The van der Waals surface area contributed by atoms with Gasteiger partial charge in [0.1, 0.15) is 11.5 Å². The summed E-state index contributed by atoms with van der Waals surface area (Å²) < 4.78 is 11.1. The number of methoxy groups -OCH3 is 1. The molecule has 0 saturated heterocycles. The lowest BCUT2D eigenvalue weighted by molar-refractivity contribution is 0.357. The second kappa shape index (κ2) is 4.54. The van der Waals surface area contributed by atoms with E-state index in [1.807, 2.05) is 36.4 Å². The predicted octanol–water partition coefficient (Wildman–Crippen LogP) is 3.95. The molecule has 18 heavy (non-hydrogen) atoms. The Morgan fingerprint density at radius 1 is 1.17 bits per heavy atom. The Labute approximate surface area is 111 Å². The van der Waals surface area contributed by atoms with Crippen molar-refractivity contribution in [3.05, 3.63) is 47.0 Å². The lowest BCUT2D eigenvalue weighted by Crippen LogP contribution is -1.91. The maximum Gasteiger partial charge on any atom is 0.130 e. The molecular formula is C15H13ClO2. The van der Waals surface area contributed by atoms with E-state index < -0.39 is 0 Å². The van der Waals surface area contributed by atoms with Gasteiger partial charge >= 0.3 is 0 Å². The molecule has 1 aliphatic rings. The summed E-state index contributed by atoms with van der Waals surface area (Å²) in [5, 5.41) is 0.736. The largest absolute Gasteiger partial charge is 0.496 e. The first-order valence-corrected chi connectivity index (χ1v) is 6.26. The third kappa shape index (κ3) is 1.83. The van der Waals surface area contributed by atoms with Crippen molar-refractivity contribution >= 4 is 11.6 Å². The van der Waals surface area contributed by atoms with Gasteiger partial charge in [0.25, 0.3) is 0 Å². The molecule has 2 nitrogen and oxygen atoms in total. The summed E-state index contributed by atoms with van der Waals surface area (Å²) >= 11 is 6.18. The van der Waals surface area contributed by atoms with Crippen LogP contribution in [0.1, 0.15) is 5.56 Å². The van der Waals surface area contributed by atoms with Crippen LogP contribution in [0.5, 0.6) is 11.5 Å². The first kappa shape index (κ1) is 11.4. The first-order chi connectivity index (χ1) is 8.79. The molecule has 0 aliphatic carbocycles. The highest BCUT2D eigenvalue weighted by Crippen LogP contribution is 2.42. The number of halogens is 1. The minimum absolute atomic E-state index is 0.720. The Balaban J connectivity index is 2.23. The van der Waals surface area contributed by atoms with E-state index in [2.05, 4.69) is 0 Å². The molecule has 2 aromatic rings. The molecule has 1 aliphatic heterocycles. The zero-order valence-corrected chi connectivity index (χ0v) is 10.8. The fourth-order valence-corrected chi connectivity index (χ4v) is 2.58. The van der Waals surface area contributed by atoms with Gasteiger partial charge in [-0.05, 0) is 23.8 Å². The molecule has 3 heteroatoms. The van der Waals surface area contributed by atoms with Crippen molar-refractivity contribution in [2.24, 2.45) is 0 Å². The van der Waals surface area contributed by atoms with Crippen LogP contribution in [0.25, 0.3) is 11.1 Å². The second-order valence-electron chi connectivity index (χ2n) is 4.24. The summed E-state index contributed by atoms with van der Waals surface area (Å²) in [6, 6.07) is 11.8. The van der Waals surface area contributed by atoms with Gasteiger partial charge in [-0.25, -0.2) is 0 Å². The van der Waals surface area contributed by atoms with Crippen LogP contribution in [0.2, 0.25) is 5.02 Å². The quantitative estimate of drug-likeness (QED) is 0.814. The first-order valence-electron chi connectivity index (χ1n) is 5.88. The van der Waals surface area contributed by atoms with Gasteiger partial charge in [0.2, 0.25) is 0 Å². The molecule has 0 saturated carbocycles. The summed E-state index contributed by atoms with van der Waals surface area (Å²) in [4.78, 5) is 0. The lowest BCUT2D eigenvalue weighted by Gasteiger charge is -2.12. The molecular weight excluding hydrogens is 248 g/mol. The van der Waals surface area contributed by atoms with Gasteiger partial charge in [-0.15, -0.1) is 0 Å². The van der Waals surface area contributed by atoms with E-state index in [1.54, 1.807) is 7.11 Å². The highest BCUT2D eigenvalue weighted by Gasteiger charge is 2.20. The Hall–Kier alpha value is -1.67. The van der Waals surface area contributed by atoms with Gasteiger partial charge in [0, 0.05) is 22.6 Å². The maximum absolute atomic E-state index is 6.18. The molecule has 92 valence electrons. The van der Waals surface area contributed by atoms with E-state index in [0.29, 0.717) is 0 Å². The van der Waals surface area contributed by atoms with Crippen LogP contribution in [0.15, 0.2) is 36.4 Å². The maximum atomic E-state index is 6.18. The van der Waals surface area contributed by atoms with Crippen molar-refractivity contribution in [2.45, 2.75) is 6.42 Å². The van der Waals surface area contributed by atoms with E-state index in [4.69, 9.17) is 21.1 Å². The van der Waals surface area contributed by atoms with Crippen molar-refractivity contribution in [1.82, 2.24) is 0 Å². The number of fused-ring (bicyclic) bond motifs is 1. The molecule has 0 radical (unpaired) electrons. The summed E-state index contributed by atoms with van der Waals surface area (Å²) in [5.41, 5.74) is 3.19. The fourth-order valence-electron chi connectivity index (χ4n) is 2.34. The van der Waals surface area contributed by atoms with Gasteiger partial charge in [0.15, 0.2) is 0 Å². The van der Waals surface area contributed by atoms with E-state index in [0.717, 1.165) is 40.7 Å². The van der Waals surface area contributed by atoms with Crippen molar-refractivity contribution in [3.63, 3.8) is 0 Å². The van der Waals surface area contributed by atoms with Crippen LogP contribution in [0.3, 0.4) is 0 Å². The molecule has 1 heterocycles. The topological polar surface area (TPSA) is 18.5 Å². The summed E-state index contributed by atoms with van der Waals surface area (Å²) in [6.45, 7) is 0.720. The van der Waals surface area contributed by atoms with Crippen LogP contribution < -0.4 is 9.47 Å². The predicted molar refractivity (Wildman–Crippen MR) is 72.6 cm³/mol. The van der Waals surface area contributed by atoms with E-state index >= 15 is 0 Å². The molecule has 2 aromatic carbocycles. The zero-order valence-electron chi connectivity index (χ0n) is 10.1. The third-order valence-electron chi connectivity index (χ3n) is 3.15. The normalized spacial score (nSPS) is 13.0. The van der Waals surface area contributed by atoms with Crippen LogP contribution >= 0.6 is 11.6 Å². The van der Waals surface area contributed by atoms with Gasteiger partial charge in [-0.1, -0.05) is 29.8 Å². The number of para-hydroxylation sites is 1. The minimum Gasteiger partial charge on any atom is -0.496 e. The average molecular weight is 261 g/mol. The average Bonchev–Trinajstić information content (AvgIpc) is 2.85. The number of hydrogen-bond donors (Lipinski definition) is 0. The van der Waals surface area contributed by atoms with Crippen molar-refractivity contribution in [2.75, 3.05) is 13.7 Å². The summed E-state index contributed by atoms with van der Waals surface area (Å²) in [5.74, 6) is 1.77. The molecule has 3 rings (SSSR count). The molecule has 0 bridgehead atoms. The van der Waals surface area contributed by atoms with Crippen LogP contribution in [-0.2, 0) is 6.42 Å². The van der Waals surface area contributed by atoms with Gasteiger partial charge in [0.05, 0.1) is 13.7 Å². The zero-order chi connectivity index (χ0) is 12.5. The minimum atomic E-state index is 0.720. The Bertz CT molecular complexity index is 593. The molecule has 0 aromatic heterocycles. The molecule has 0 fully saturated rings. The van der Waals surface area contributed by atoms with Crippen molar-refractivity contribution in [1.29, 1.82) is 0 Å². The van der Waals surface area contributed by atoms with E-state index in [1.165, 1.54) is 5.56 Å². The van der Waals surface area contributed by atoms with Crippen LogP contribution in [-0.4, -0.2) is 13.7 Å². The van der Waals surface area contributed by atoms with Crippen LogP contribution in [0, 0.1) is 0 Å². The smallest absolute Gasteiger partial charge is 0.130 e. The monoisotopic (exact) mass is 260 g/mol. The van der Waals surface area contributed by atoms with E-state index in [-0.39, 0.29) is 0 Å². The fraction of sp³-hybridized carbons (Fsp3) is 0.200. The number of hydrogen-bond acceptors (Lipinski definition) is 2. The standard InChI is InChI=1S/C15H13ClO2/c1-17-14-5-3-2-4-12(14)13-9-11(16)8-10-6-7-18-15(10)13/h2-5,8-9H,6-7H2,1H3. The molecule has 0 amide bonds. The lowest BCUT2D eigenvalue weighted by atomic mass is 10.0. The number of benzene rings is 2. The van der Waals surface area contributed by atoms with Gasteiger partial charge in [-0.3, -0.25) is 0 Å².